The second-order valence-electron chi connectivity index (χ2n) is 7.87. The summed E-state index contributed by atoms with van der Waals surface area (Å²) in [7, 11) is 1.79. The van der Waals surface area contributed by atoms with Crippen molar-refractivity contribution in [2.24, 2.45) is 0 Å². The van der Waals surface area contributed by atoms with Gasteiger partial charge in [0.2, 0.25) is 5.95 Å². The molecule has 1 atom stereocenters. The molecule has 3 aromatic rings. The highest BCUT2D eigenvalue weighted by atomic mass is 19.1. The Balaban J connectivity index is 1.64. The van der Waals surface area contributed by atoms with Gasteiger partial charge in [-0.25, -0.2) is 14.4 Å². The van der Waals surface area contributed by atoms with Crippen LogP contribution in [0.2, 0.25) is 0 Å². The van der Waals surface area contributed by atoms with Crippen LogP contribution in [-0.2, 0) is 4.79 Å². The van der Waals surface area contributed by atoms with Gasteiger partial charge >= 0.3 is 0 Å². The molecule has 1 fully saturated rings. The number of anilines is 2. The maximum absolute atomic E-state index is 13.8. The molecule has 0 aliphatic carbocycles. The fourth-order valence-corrected chi connectivity index (χ4v) is 4.72. The fourth-order valence-electron chi connectivity index (χ4n) is 4.72. The maximum atomic E-state index is 13.8. The Kier molecular flexibility index (Phi) is 4.30. The van der Waals surface area contributed by atoms with Crippen LogP contribution in [0, 0.1) is 5.82 Å². The molecule has 0 bridgehead atoms. The summed E-state index contributed by atoms with van der Waals surface area (Å²) in [5.74, 6) is 1.56. The van der Waals surface area contributed by atoms with E-state index < -0.39 is 5.54 Å². The molecule has 1 amide bonds. The molecule has 7 nitrogen and oxygen atoms in total. The lowest BCUT2D eigenvalue weighted by Crippen LogP contribution is -2.64. The molecule has 154 valence electrons. The first-order valence-electron chi connectivity index (χ1n) is 10.3. The van der Waals surface area contributed by atoms with Crippen molar-refractivity contribution in [3.63, 3.8) is 0 Å². The van der Waals surface area contributed by atoms with Crippen LogP contribution in [-0.4, -0.2) is 44.6 Å². The van der Waals surface area contributed by atoms with E-state index in [1.807, 2.05) is 0 Å². The molecule has 0 N–H and O–H groups in total. The van der Waals surface area contributed by atoms with Gasteiger partial charge in [-0.2, -0.15) is 4.98 Å². The van der Waals surface area contributed by atoms with Crippen molar-refractivity contribution in [2.45, 2.75) is 38.1 Å². The van der Waals surface area contributed by atoms with Gasteiger partial charge in [0.05, 0.1) is 6.20 Å². The quantitative estimate of drug-likeness (QED) is 0.665. The van der Waals surface area contributed by atoms with Crippen LogP contribution < -0.4 is 9.80 Å². The van der Waals surface area contributed by atoms with Crippen molar-refractivity contribution in [1.29, 1.82) is 0 Å². The van der Waals surface area contributed by atoms with E-state index in [-0.39, 0.29) is 11.7 Å². The number of hydrogen-bond acceptors (Lipinski definition) is 5. The zero-order chi connectivity index (χ0) is 20.9. The molecule has 8 heteroatoms. The largest absolute Gasteiger partial charge is 0.340 e. The van der Waals surface area contributed by atoms with E-state index in [0.29, 0.717) is 23.0 Å². The monoisotopic (exact) mass is 406 g/mol. The van der Waals surface area contributed by atoms with Gasteiger partial charge < -0.3 is 9.80 Å². The number of hydrogen-bond donors (Lipinski definition) is 0. The summed E-state index contributed by atoms with van der Waals surface area (Å²) in [4.78, 5) is 30.9. The second kappa shape index (κ2) is 6.90. The number of aromatic nitrogens is 4. The first-order chi connectivity index (χ1) is 14.5. The van der Waals surface area contributed by atoms with Gasteiger partial charge in [-0.1, -0.05) is 19.1 Å². The van der Waals surface area contributed by atoms with Crippen molar-refractivity contribution in [2.75, 3.05) is 23.4 Å². The molecule has 1 unspecified atom stereocenters. The third-order valence-corrected chi connectivity index (χ3v) is 6.32. The molecule has 2 aromatic heterocycles. The summed E-state index contributed by atoms with van der Waals surface area (Å²) >= 11 is 0. The molecule has 2 aliphatic heterocycles. The number of benzene rings is 1. The Bertz CT molecular complexity index is 1130. The highest BCUT2D eigenvalue weighted by molar-refractivity contribution is 6.07. The molecule has 2 aliphatic rings. The number of nitrogens with zero attached hydrogens (tertiary/aromatic N) is 6. The van der Waals surface area contributed by atoms with Gasteiger partial charge in [0, 0.05) is 31.5 Å². The number of fused-ring (bicyclic) bond motifs is 3. The normalized spacial score (nSPS) is 20.8. The van der Waals surface area contributed by atoms with E-state index in [2.05, 4.69) is 21.8 Å². The third-order valence-electron chi connectivity index (χ3n) is 6.32. The summed E-state index contributed by atoms with van der Waals surface area (Å²) in [5, 5.41) is 0. The van der Waals surface area contributed by atoms with Crippen molar-refractivity contribution >= 4 is 17.4 Å². The number of likely N-dealkylation sites (N-methyl/N-ethyl adjacent to an activating group) is 1. The van der Waals surface area contributed by atoms with Crippen molar-refractivity contribution in [3.05, 3.63) is 48.7 Å². The topological polar surface area (TPSA) is 67.2 Å². The summed E-state index contributed by atoms with van der Waals surface area (Å²) in [6.07, 6.45) is 8.72. The third kappa shape index (κ3) is 2.63. The number of carbonyl (C=O) groups excluding carboxylic acids is 1. The second-order valence-corrected chi connectivity index (χ2v) is 7.87. The van der Waals surface area contributed by atoms with Gasteiger partial charge in [0.15, 0.2) is 5.82 Å². The predicted molar refractivity (Wildman–Crippen MR) is 112 cm³/mol. The molecule has 1 aromatic carbocycles. The maximum Gasteiger partial charge on any atom is 0.252 e. The minimum Gasteiger partial charge on any atom is -0.340 e. The number of piperidine rings is 1. The van der Waals surface area contributed by atoms with E-state index in [0.717, 1.165) is 38.0 Å². The van der Waals surface area contributed by atoms with E-state index in [9.17, 15) is 9.18 Å². The molecular weight excluding hydrogens is 383 g/mol. The molecule has 0 spiro atoms. The fraction of sp³-hybridized carbons (Fsp3) is 0.364. The standard InChI is InChI=1S/C22H23FN6O/c1-3-22-9-4-5-11-29(22)19-17(27(2)20(22)30)14-25-21(26-19)28-12-10-24-18(28)15-7-6-8-16(23)13-15/h6-8,10,12-14H,3-5,9,11H2,1-2H3. The summed E-state index contributed by atoms with van der Waals surface area (Å²) in [5.41, 5.74) is 0.808. The van der Waals surface area contributed by atoms with E-state index >= 15 is 0 Å². The van der Waals surface area contributed by atoms with Gasteiger partial charge in [-0.05, 0) is 37.8 Å². The molecule has 4 heterocycles. The first kappa shape index (κ1) is 18.7. The Labute approximate surface area is 174 Å². The van der Waals surface area contributed by atoms with Crippen LogP contribution in [0.25, 0.3) is 17.3 Å². The number of halogens is 1. The highest BCUT2D eigenvalue weighted by Gasteiger charge is 2.51. The van der Waals surface area contributed by atoms with Crippen LogP contribution in [0.15, 0.2) is 42.9 Å². The highest BCUT2D eigenvalue weighted by Crippen LogP contribution is 2.44. The van der Waals surface area contributed by atoms with Crippen LogP contribution in [0.4, 0.5) is 15.9 Å². The van der Waals surface area contributed by atoms with Gasteiger partial charge in [0.25, 0.3) is 5.91 Å². The van der Waals surface area contributed by atoms with Crippen LogP contribution in [0.1, 0.15) is 32.6 Å². The smallest absolute Gasteiger partial charge is 0.252 e. The zero-order valence-electron chi connectivity index (χ0n) is 17.0. The average molecular weight is 406 g/mol. The molecule has 30 heavy (non-hydrogen) atoms. The average Bonchev–Trinajstić information content (AvgIpc) is 3.27. The minimum absolute atomic E-state index is 0.108. The Morgan fingerprint density at radius 2 is 2.10 bits per heavy atom. The van der Waals surface area contributed by atoms with Crippen molar-refractivity contribution in [3.8, 4) is 17.3 Å². The van der Waals surface area contributed by atoms with Crippen molar-refractivity contribution < 1.29 is 9.18 Å². The van der Waals surface area contributed by atoms with Crippen molar-refractivity contribution in [1.82, 2.24) is 19.5 Å². The number of imidazole rings is 1. The molecule has 0 saturated carbocycles. The van der Waals surface area contributed by atoms with Gasteiger partial charge in [0.1, 0.15) is 22.9 Å². The number of carbonyl (C=O) groups is 1. The van der Waals surface area contributed by atoms with E-state index in [4.69, 9.17) is 4.98 Å². The lowest BCUT2D eigenvalue weighted by Gasteiger charge is -2.51. The number of rotatable bonds is 3. The van der Waals surface area contributed by atoms with Crippen LogP contribution >= 0.6 is 0 Å². The zero-order valence-corrected chi connectivity index (χ0v) is 17.0. The minimum atomic E-state index is -0.550. The molecule has 1 saturated heterocycles. The van der Waals surface area contributed by atoms with Crippen LogP contribution in [0.5, 0.6) is 0 Å². The Morgan fingerprint density at radius 3 is 2.90 bits per heavy atom. The first-order valence-corrected chi connectivity index (χ1v) is 10.3. The lowest BCUT2D eigenvalue weighted by molar-refractivity contribution is -0.124. The Hall–Kier alpha value is -3.29. The predicted octanol–water partition coefficient (Wildman–Crippen LogP) is 3.58. The lowest BCUT2D eigenvalue weighted by atomic mass is 9.81. The molecule has 5 rings (SSSR count). The summed E-state index contributed by atoms with van der Waals surface area (Å²) in [6, 6.07) is 6.30. The summed E-state index contributed by atoms with van der Waals surface area (Å²) in [6.45, 7) is 2.85. The number of amides is 1. The molecular formula is C22H23FN6O. The summed E-state index contributed by atoms with van der Waals surface area (Å²) < 4.78 is 15.5. The van der Waals surface area contributed by atoms with Gasteiger partial charge in [-0.3, -0.25) is 9.36 Å². The SMILES string of the molecule is CCC12CCCCN1c1nc(-n3ccnc3-c3cccc(F)c3)ncc1N(C)C2=O. The van der Waals surface area contributed by atoms with Crippen LogP contribution in [0.3, 0.4) is 0 Å². The van der Waals surface area contributed by atoms with Gasteiger partial charge in [-0.15, -0.1) is 0 Å². The molecule has 0 radical (unpaired) electrons. The van der Waals surface area contributed by atoms with E-state index in [1.165, 1.54) is 12.1 Å². The van der Waals surface area contributed by atoms with E-state index in [1.54, 1.807) is 47.2 Å². The Morgan fingerprint density at radius 1 is 1.23 bits per heavy atom.